The second-order valence-electron chi connectivity index (χ2n) is 5.08. The molecule has 1 amide bonds. The zero-order chi connectivity index (χ0) is 34.1. The Hall–Kier alpha value is -2.42. The molecule has 0 aliphatic carbocycles. The molecule has 0 bridgehead atoms. The van der Waals surface area contributed by atoms with E-state index in [-0.39, 0.29) is 51.2 Å². The number of halogens is 4. The van der Waals surface area contributed by atoms with Gasteiger partial charge in [0.25, 0.3) is 6.47 Å². The number of aliphatic hydroxyl groups excluding tert-OH is 1. The Balaban J connectivity index is -0.0000000548. The minimum atomic E-state index is -3.22. The molecule has 0 radical (unpaired) electrons. The summed E-state index contributed by atoms with van der Waals surface area (Å²) in [4.78, 5) is 61.2. The van der Waals surface area contributed by atoms with E-state index in [1.54, 1.807) is 27.7 Å². The van der Waals surface area contributed by atoms with Crippen molar-refractivity contribution in [1.29, 1.82) is 0 Å². The summed E-state index contributed by atoms with van der Waals surface area (Å²) >= 11 is 13.8. The first-order valence-corrected chi connectivity index (χ1v) is 15.3. The van der Waals surface area contributed by atoms with Crippen LogP contribution in [0.2, 0.25) is 0 Å². The largest absolute Gasteiger partial charge is 0.480 e. The smallest absolute Gasteiger partial charge is 0.387 e. The van der Waals surface area contributed by atoms with Gasteiger partial charge in [-0.1, -0.05) is 0 Å². The van der Waals surface area contributed by atoms with Crippen LogP contribution < -0.4 is 16.8 Å². The molecule has 0 unspecified atom stereocenters. The molecule has 0 aromatic carbocycles. The van der Waals surface area contributed by atoms with E-state index >= 15 is 0 Å². The molecule has 0 fully saturated rings. The number of esters is 3. The van der Waals surface area contributed by atoms with Gasteiger partial charge >= 0.3 is 35.6 Å². The van der Waals surface area contributed by atoms with Crippen LogP contribution in [-0.4, -0.2) is 107 Å². The molecule has 0 saturated heterocycles. The fourth-order valence-electron chi connectivity index (χ4n) is 0.828. The predicted octanol–water partition coefficient (Wildman–Crippen LogP) is 1.32. The van der Waals surface area contributed by atoms with Crippen LogP contribution in [0.1, 0.15) is 27.7 Å². The highest BCUT2D eigenvalue weighted by Gasteiger charge is 2.03. The van der Waals surface area contributed by atoms with Crippen LogP contribution in [0.25, 0.3) is 4.85 Å². The lowest BCUT2D eigenvalue weighted by atomic mass is 10.6. The van der Waals surface area contributed by atoms with Crippen molar-refractivity contribution in [2.75, 3.05) is 59.7 Å². The average Bonchev–Trinajstić information content (AvgIpc) is 2.89. The van der Waals surface area contributed by atoms with E-state index in [2.05, 4.69) is 68.6 Å². The summed E-state index contributed by atoms with van der Waals surface area (Å²) in [5.74, 6) is -2.17. The van der Waals surface area contributed by atoms with Gasteiger partial charge < -0.3 is 50.8 Å². The third kappa shape index (κ3) is 146. The molecule has 17 nitrogen and oxygen atoms in total. The zero-order valence-corrected chi connectivity index (χ0v) is 27.8. The van der Waals surface area contributed by atoms with E-state index in [1.165, 1.54) is 7.11 Å². The number of amides is 1. The normalized spacial score (nSPS) is 7.76. The van der Waals surface area contributed by atoms with Crippen LogP contribution in [0.15, 0.2) is 0 Å². The Morgan fingerprint density at radius 3 is 1.40 bits per heavy atom. The number of carbonyl (C=O) groups excluding carboxylic acids is 5. The van der Waals surface area contributed by atoms with Gasteiger partial charge in [-0.25, -0.2) is 11.4 Å². The monoisotopic (exact) mass is 716 g/mol. The molecule has 0 spiro atoms. The molecule has 7 N–H and O–H groups in total. The van der Waals surface area contributed by atoms with Gasteiger partial charge in [0.05, 0.1) is 40.0 Å². The molecule has 22 heteroatoms. The van der Waals surface area contributed by atoms with Gasteiger partial charge in [0, 0.05) is 6.61 Å². The molecule has 0 aromatic rings. The van der Waals surface area contributed by atoms with Crippen LogP contribution in [0.4, 0.5) is 0 Å². The van der Waals surface area contributed by atoms with E-state index in [0.717, 1.165) is 0 Å². The highest BCUT2D eigenvalue weighted by Crippen LogP contribution is 2.61. The Morgan fingerprint density at radius 1 is 0.905 bits per heavy atom. The van der Waals surface area contributed by atoms with Gasteiger partial charge in [-0.2, -0.15) is 0 Å². The summed E-state index contributed by atoms with van der Waals surface area (Å²) in [5.41, 5.74) is 9.46. The number of carboxylic acids is 1. The number of carbonyl (C=O) groups is 6. The standard InChI is InChI=1S/C5H9NO3.C5H7NO2.C4H9NO2.C2H5NO2.C2H4O2.C2H6O.Cl3OP.ClH/c1-2-9-5(8)3-6-4-7;1-3-8-5(7)4-6-2;1-2-7-4(6)3-5;3-1-2(4)5;1-4-2-3;1-2-3;1-5(2,3)4;/h4H,2-3H2,1H3,(H,6,7);3-4H2,1H3;2-3,5H2,1H3;1,3H2,(H,4,5);2H,1H3;3H,2H2,1H3;;1H. The molecule has 0 aliphatic heterocycles. The Morgan fingerprint density at radius 2 is 1.21 bits per heavy atom. The lowest BCUT2D eigenvalue weighted by Gasteiger charge is -1.97. The summed E-state index contributed by atoms with van der Waals surface area (Å²) in [6.07, 6.45) is 0.455. The highest BCUT2D eigenvalue weighted by molar-refractivity contribution is 8.24. The van der Waals surface area contributed by atoms with Crippen molar-refractivity contribution >= 4 is 88.1 Å². The SMILES string of the molecule is CCO.CCOC(=O)CN.CCOC(=O)CNC=O.COC=O.Cl.NCC(=O)O.O=P(Cl)(Cl)Cl.[C-]#[N+]CC(=O)OCC. The van der Waals surface area contributed by atoms with Gasteiger partial charge in [0.15, 0.2) is 0 Å². The van der Waals surface area contributed by atoms with Gasteiger partial charge in [-0.3, -0.25) is 28.5 Å². The summed E-state index contributed by atoms with van der Waals surface area (Å²) < 4.78 is 26.7. The number of aliphatic carboxylic acids is 1. The molecule has 0 saturated carbocycles. The first kappa shape index (κ1) is 59.1. The molecular weight excluding hydrogens is 677 g/mol. The van der Waals surface area contributed by atoms with Crippen LogP contribution in [0.3, 0.4) is 0 Å². The number of rotatable bonds is 10. The predicted molar refractivity (Wildman–Crippen MR) is 159 cm³/mol. The third-order valence-corrected chi connectivity index (χ3v) is 1.89. The maximum absolute atomic E-state index is 10.4. The van der Waals surface area contributed by atoms with Gasteiger partial charge in [-0.05, 0) is 61.4 Å². The summed E-state index contributed by atoms with van der Waals surface area (Å²) in [5, 5.41) is 14.1. The van der Waals surface area contributed by atoms with Gasteiger partial charge in [-0.15, -0.1) is 12.4 Å². The van der Waals surface area contributed by atoms with Crippen molar-refractivity contribution in [2.24, 2.45) is 11.5 Å². The van der Waals surface area contributed by atoms with E-state index in [0.29, 0.717) is 32.7 Å². The zero-order valence-electron chi connectivity index (χ0n) is 23.8. The van der Waals surface area contributed by atoms with Crippen molar-refractivity contribution in [3.05, 3.63) is 11.4 Å². The van der Waals surface area contributed by atoms with Gasteiger partial charge in [0.2, 0.25) is 6.41 Å². The van der Waals surface area contributed by atoms with Crippen molar-refractivity contribution in [1.82, 2.24) is 5.32 Å². The maximum Gasteiger partial charge on any atom is 0.387 e. The first-order valence-electron chi connectivity index (χ1n) is 10.9. The molecule has 0 aliphatic rings. The summed E-state index contributed by atoms with van der Waals surface area (Å²) in [6.45, 7) is 14.3. The first-order chi connectivity index (χ1) is 19.0. The number of nitrogens with two attached hydrogens (primary N) is 2. The van der Waals surface area contributed by atoms with Crippen molar-refractivity contribution in [3.63, 3.8) is 0 Å². The quantitative estimate of drug-likeness (QED) is 0.0701. The number of ether oxygens (including phenoxy) is 4. The van der Waals surface area contributed by atoms with E-state index in [1.807, 2.05) is 0 Å². The fourth-order valence-corrected chi connectivity index (χ4v) is 0.828. The second-order valence-corrected chi connectivity index (χ2v) is 11.7. The number of hydrogen-bond acceptors (Lipinski definition) is 14. The van der Waals surface area contributed by atoms with Crippen molar-refractivity contribution < 1.29 is 62.5 Å². The molecule has 0 atom stereocenters. The molecule has 0 aromatic heterocycles. The second kappa shape index (κ2) is 54.6. The van der Waals surface area contributed by atoms with E-state index < -0.39 is 23.1 Å². The van der Waals surface area contributed by atoms with Crippen molar-refractivity contribution in [2.45, 2.75) is 27.7 Å². The number of aliphatic hydroxyl groups is 1. The Labute approximate surface area is 265 Å². The summed E-state index contributed by atoms with van der Waals surface area (Å²) in [6, 6.07) is 0. The molecule has 0 rings (SSSR count). The minimum absolute atomic E-state index is 0. The highest BCUT2D eigenvalue weighted by atomic mass is 36.0. The Kier molecular flexibility index (Phi) is 76.8. The van der Waals surface area contributed by atoms with Crippen LogP contribution in [0.5, 0.6) is 0 Å². The summed E-state index contributed by atoms with van der Waals surface area (Å²) in [7, 11) is 1.31. The lowest BCUT2D eigenvalue weighted by molar-refractivity contribution is -0.143. The number of carboxylic acid groups (broad SMARTS) is 1. The lowest BCUT2D eigenvalue weighted by Crippen LogP contribution is -2.23. The van der Waals surface area contributed by atoms with E-state index in [4.69, 9.17) is 27.3 Å². The molecule has 42 heavy (non-hydrogen) atoms. The van der Waals surface area contributed by atoms with Crippen molar-refractivity contribution in [3.8, 4) is 0 Å². The average molecular weight is 718 g/mol. The third-order valence-electron chi connectivity index (χ3n) is 1.89. The molecule has 252 valence electrons. The van der Waals surface area contributed by atoms with Crippen LogP contribution in [0, 0.1) is 6.57 Å². The number of nitrogens with zero attached hydrogens (tertiary/aromatic N) is 1. The van der Waals surface area contributed by atoms with Crippen LogP contribution >= 0.6 is 51.3 Å². The van der Waals surface area contributed by atoms with Gasteiger partial charge in [0.1, 0.15) is 6.54 Å². The van der Waals surface area contributed by atoms with Crippen LogP contribution in [-0.2, 0) is 52.3 Å². The molecular formula is C20H41Cl4N4O13P. The molecule has 0 heterocycles. The Bertz CT molecular complexity index is 720. The maximum atomic E-state index is 10.4. The topological polar surface area (TPSA) is 265 Å². The fraction of sp³-hybridized carbons (Fsp3) is 0.650. The van der Waals surface area contributed by atoms with E-state index in [9.17, 15) is 28.5 Å². The number of hydrogen-bond donors (Lipinski definition) is 5. The number of methoxy groups -OCH3 is 1. The minimum Gasteiger partial charge on any atom is -0.480 e. The number of nitrogens with one attached hydrogen (secondary N) is 1.